The van der Waals surface area contributed by atoms with Crippen LogP contribution in [0.1, 0.15) is 43.9 Å². The maximum atomic E-state index is 13.5. The highest BCUT2D eigenvalue weighted by Gasteiger charge is 2.34. The van der Waals surface area contributed by atoms with Crippen molar-refractivity contribution in [3.05, 3.63) is 65.7 Å². The van der Waals surface area contributed by atoms with E-state index in [1.165, 1.54) is 14.2 Å². The fourth-order valence-corrected chi connectivity index (χ4v) is 4.98. The summed E-state index contributed by atoms with van der Waals surface area (Å²) in [6, 6.07) is 15.8. The summed E-state index contributed by atoms with van der Waals surface area (Å²) in [5, 5.41) is 16.2. The van der Waals surface area contributed by atoms with Gasteiger partial charge in [0.15, 0.2) is 6.10 Å². The second kappa shape index (κ2) is 15.0. The molecule has 3 amide bonds. The number of para-hydroxylation sites is 1. The highest BCUT2D eigenvalue weighted by molar-refractivity contribution is 5.95. The molecule has 3 rings (SSSR count). The number of anilines is 1. The minimum absolute atomic E-state index is 0. The highest BCUT2D eigenvalue weighted by atomic mass is 35.5. The van der Waals surface area contributed by atoms with Crippen LogP contribution in [0.15, 0.2) is 54.6 Å². The van der Waals surface area contributed by atoms with Gasteiger partial charge < -0.3 is 35.8 Å². The lowest BCUT2D eigenvalue weighted by Gasteiger charge is -2.37. The van der Waals surface area contributed by atoms with Gasteiger partial charge in [-0.2, -0.15) is 0 Å². The van der Waals surface area contributed by atoms with Crippen molar-refractivity contribution >= 4 is 36.0 Å². The van der Waals surface area contributed by atoms with Gasteiger partial charge in [0.2, 0.25) is 5.91 Å². The third-order valence-electron chi connectivity index (χ3n) is 6.93. The van der Waals surface area contributed by atoms with Crippen LogP contribution < -0.4 is 21.3 Å². The molecule has 0 bridgehead atoms. The van der Waals surface area contributed by atoms with Gasteiger partial charge in [-0.1, -0.05) is 62.4 Å². The number of carbonyl (C=O) groups is 3. The smallest absolute Gasteiger partial charge is 0.407 e. The summed E-state index contributed by atoms with van der Waals surface area (Å²) in [4.78, 5) is 39.6. The summed E-state index contributed by atoms with van der Waals surface area (Å²) in [6.07, 6.45) is -1.23. The number of fused-ring (bicyclic) bond motifs is 1. The van der Waals surface area contributed by atoms with Gasteiger partial charge in [0.1, 0.15) is 0 Å². The zero-order valence-corrected chi connectivity index (χ0v) is 24.3. The molecule has 10 nitrogen and oxygen atoms in total. The Morgan fingerprint density at radius 3 is 2.40 bits per heavy atom. The summed E-state index contributed by atoms with van der Waals surface area (Å²) in [7, 11) is 2.76. The molecule has 0 aromatic heterocycles. The van der Waals surface area contributed by atoms with Gasteiger partial charge in [-0.25, -0.2) is 4.79 Å². The van der Waals surface area contributed by atoms with E-state index >= 15 is 0 Å². The molecule has 40 heavy (non-hydrogen) atoms. The van der Waals surface area contributed by atoms with Crippen LogP contribution in [-0.2, 0) is 25.5 Å². The average Bonchev–Trinajstić information content (AvgIpc) is 2.91. The Morgan fingerprint density at radius 2 is 1.75 bits per heavy atom. The maximum absolute atomic E-state index is 13.5. The summed E-state index contributed by atoms with van der Waals surface area (Å²) in [6.45, 7) is 4.12. The Kier molecular flexibility index (Phi) is 12.4. The number of rotatable bonds is 11. The van der Waals surface area contributed by atoms with E-state index in [2.05, 4.69) is 10.6 Å². The molecule has 0 aliphatic carbocycles. The van der Waals surface area contributed by atoms with E-state index in [1.807, 2.05) is 56.3 Å². The predicted octanol–water partition coefficient (Wildman–Crippen LogP) is 2.72. The van der Waals surface area contributed by atoms with Crippen LogP contribution in [0.4, 0.5) is 10.5 Å². The van der Waals surface area contributed by atoms with Crippen molar-refractivity contribution in [3.8, 4) is 0 Å². The zero-order chi connectivity index (χ0) is 28.6. The molecule has 11 heteroatoms. The van der Waals surface area contributed by atoms with Gasteiger partial charge in [-0.15, -0.1) is 12.4 Å². The lowest BCUT2D eigenvalue weighted by molar-refractivity contribution is -0.132. The number of hydrogen-bond donors (Lipinski definition) is 4. The molecule has 0 spiro atoms. The monoisotopic (exact) mass is 576 g/mol. The van der Waals surface area contributed by atoms with Crippen molar-refractivity contribution in [2.24, 2.45) is 11.1 Å². The molecule has 1 aliphatic rings. The van der Waals surface area contributed by atoms with Crippen molar-refractivity contribution < 1.29 is 29.0 Å². The first kappa shape index (κ1) is 33.0. The predicted molar refractivity (Wildman–Crippen MR) is 155 cm³/mol. The molecule has 2 aromatic rings. The molecule has 1 unspecified atom stereocenters. The summed E-state index contributed by atoms with van der Waals surface area (Å²) >= 11 is 0. The number of hydrogen-bond acceptors (Lipinski definition) is 7. The molecule has 220 valence electrons. The molecule has 0 fully saturated rings. The van der Waals surface area contributed by atoms with E-state index in [9.17, 15) is 19.5 Å². The number of nitrogens with zero attached hydrogens (tertiary/aromatic N) is 1. The van der Waals surface area contributed by atoms with Crippen LogP contribution >= 0.6 is 12.4 Å². The zero-order valence-electron chi connectivity index (χ0n) is 23.5. The summed E-state index contributed by atoms with van der Waals surface area (Å²) in [5.74, 6) is -0.479. The van der Waals surface area contributed by atoms with Crippen LogP contribution in [-0.4, -0.2) is 68.5 Å². The number of aliphatic hydroxyl groups is 1. The average molecular weight is 577 g/mol. The molecule has 4 atom stereocenters. The van der Waals surface area contributed by atoms with Gasteiger partial charge >= 0.3 is 6.09 Å². The molecule has 1 aliphatic heterocycles. The van der Waals surface area contributed by atoms with Crippen molar-refractivity contribution in [3.63, 3.8) is 0 Å². The number of methoxy groups -OCH3 is 2. The fraction of sp³-hybridized carbons (Fsp3) is 0.483. The first-order valence-corrected chi connectivity index (χ1v) is 13.1. The van der Waals surface area contributed by atoms with E-state index < -0.39 is 29.8 Å². The highest BCUT2D eigenvalue weighted by Crippen LogP contribution is 2.32. The standard InChI is InChI=1S/C29H40N4O6.ClH/c1-29(2,15-22(30)24(34)17-31-27(36)26(38-3)19-10-6-5-7-11-19)16-25(35)33-18-21(32-28(37)39-4)14-20-12-8-9-13-23(20)33;/h5-13,21-22,24,26,34H,14-18,30H2,1-4H3,(H,31,36)(H,32,37);1H/t21?,22-,24-,26+;/m0./s1. The fourth-order valence-electron chi connectivity index (χ4n) is 4.98. The molecular formula is C29H41ClN4O6. The number of halogens is 1. The summed E-state index contributed by atoms with van der Waals surface area (Å²) in [5.41, 5.74) is 8.26. The number of ether oxygens (including phenoxy) is 2. The number of nitrogens with two attached hydrogens (primary N) is 1. The van der Waals surface area contributed by atoms with Crippen molar-refractivity contribution in [1.29, 1.82) is 0 Å². The van der Waals surface area contributed by atoms with Gasteiger partial charge in [0.05, 0.1) is 19.3 Å². The Labute approximate surface area is 242 Å². The number of aliphatic hydroxyl groups excluding tert-OH is 1. The molecule has 2 aromatic carbocycles. The minimum Gasteiger partial charge on any atom is -0.453 e. The maximum Gasteiger partial charge on any atom is 0.407 e. The Bertz CT molecular complexity index is 1130. The van der Waals surface area contributed by atoms with Gasteiger partial charge in [0.25, 0.3) is 5.91 Å². The normalized spacial score (nSPS) is 16.9. The summed E-state index contributed by atoms with van der Waals surface area (Å²) < 4.78 is 10.1. The largest absolute Gasteiger partial charge is 0.453 e. The molecule has 0 saturated carbocycles. The SMILES string of the molecule is COC(=O)NC1Cc2ccccc2N(C(=O)CC(C)(C)C[C@H](N)[C@@H](O)CNC(=O)[C@H](OC)c2ccccc2)C1.Cl. The van der Waals surface area contributed by atoms with Crippen molar-refractivity contribution in [1.82, 2.24) is 10.6 Å². The van der Waals surface area contributed by atoms with Gasteiger partial charge in [-0.3, -0.25) is 9.59 Å². The molecular weight excluding hydrogens is 536 g/mol. The van der Waals surface area contributed by atoms with Crippen LogP contribution in [0.2, 0.25) is 0 Å². The number of amides is 3. The van der Waals surface area contributed by atoms with Crippen LogP contribution in [0.5, 0.6) is 0 Å². The van der Waals surface area contributed by atoms with Crippen LogP contribution in [0, 0.1) is 5.41 Å². The Balaban J connectivity index is 0.00000560. The second-order valence-electron chi connectivity index (χ2n) is 10.7. The van der Waals surface area contributed by atoms with E-state index in [1.54, 1.807) is 17.0 Å². The Hall–Kier alpha value is -3.18. The van der Waals surface area contributed by atoms with E-state index in [0.717, 1.165) is 11.3 Å². The molecule has 0 saturated heterocycles. The minimum atomic E-state index is -1.01. The third kappa shape index (κ3) is 8.92. The number of nitrogens with one attached hydrogen (secondary N) is 2. The van der Waals surface area contributed by atoms with Crippen molar-refractivity contribution in [2.75, 3.05) is 32.2 Å². The van der Waals surface area contributed by atoms with E-state index in [0.29, 0.717) is 24.9 Å². The first-order valence-electron chi connectivity index (χ1n) is 13.1. The topological polar surface area (TPSA) is 143 Å². The van der Waals surface area contributed by atoms with E-state index in [4.69, 9.17) is 15.2 Å². The number of alkyl carbamates (subject to hydrolysis) is 1. The third-order valence-corrected chi connectivity index (χ3v) is 6.93. The van der Waals surface area contributed by atoms with Crippen molar-refractivity contribution in [2.45, 2.75) is 57.4 Å². The quantitative estimate of drug-likeness (QED) is 0.322. The first-order chi connectivity index (χ1) is 18.5. The second-order valence-corrected chi connectivity index (χ2v) is 10.7. The number of carbonyl (C=O) groups excluding carboxylic acids is 3. The molecule has 1 heterocycles. The van der Waals surface area contributed by atoms with Crippen LogP contribution in [0.25, 0.3) is 0 Å². The Morgan fingerprint density at radius 1 is 1.10 bits per heavy atom. The van der Waals surface area contributed by atoms with E-state index in [-0.39, 0.29) is 43.2 Å². The molecule has 0 radical (unpaired) electrons. The van der Waals surface area contributed by atoms with Gasteiger partial charge in [0, 0.05) is 38.3 Å². The molecule has 5 N–H and O–H groups in total. The van der Waals surface area contributed by atoms with Gasteiger partial charge in [-0.05, 0) is 35.4 Å². The van der Waals surface area contributed by atoms with Crippen LogP contribution in [0.3, 0.4) is 0 Å². The number of benzene rings is 2. The lowest BCUT2D eigenvalue weighted by Crippen LogP contribution is -2.51. The lowest BCUT2D eigenvalue weighted by atomic mass is 9.80.